The van der Waals surface area contributed by atoms with Crippen LogP contribution in [-0.2, 0) is 6.42 Å². The number of rotatable bonds is 6. The zero-order valence-electron chi connectivity index (χ0n) is 16.6. The van der Waals surface area contributed by atoms with Gasteiger partial charge in [-0.05, 0) is 42.8 Å². The molecule has 2 aromatic heterocycles. The largest absolute Gasteiger partial charge is 0.315 e. The van der Waals surface area contributed by atoms with Crippen LogP contribution < -0.4 is 5.56 Å². The molecule has 0 unspecified atom stereocenters. The van der Waals surface area contributed by atoms with Crippen molar-refractivity contribution in [3.63, 3.8) is 0 Å². The average molecular weight is 480 g/mol. The predicted molar refractivity (Wildman–Crippen MR) is 123 cm³/mol. The van der Waals surface area contributed by atoms with Gasteiger partial charge in [-0.3, -0.25) is 14.9 Å². The monoisotopic (exact) mass is 479 g/mol. The van der Waals surface area contributed by atoms with Crippen molar-refractivity contribution < 1.29 is 4.92 Å². The van der Waals surface area contributed by atoms with E-state index >= 15 is 0 Å². The normalized spacial score (nSPS) is 11.4. The van der Waals surface area contributed by atoms with Crippen molar-refractivity contribution in [1.82, 2.24) is 14.2 Å². The molecule has 4 aromatic rings. The highest BCUT2D eigenvalue weighted by Crippen LogP contribution is 2.19. The molecule has 0 N–H and O–H groups in total. The van der Waals surface area contributed by atoms with Crippen molar-refractivity contribution in [2.75, 3.05) is 0 Å². The van der Waals surface area contributed by atoms with Crippen molar-refractivity contribution in [3.8, 4) is 5.69 Å². The Labute approximate surface area is 185 Å². The predicted octanol–water partition coefficient (Wildman–Crippen LogP) is 4.69. The Morgan fingerprint density at radius 2 is 2.03 bits per heavy atom. The van der Waals surface area contributed by atoms with Crippen molar-refractivity contribution in [1.29, 1.82) is 0 Å². The van der Waals surface area contributed by atoms with E-state index in [4.69, 9.17) is 0 Å². The van der Waals surface area contributed by atoms with Crippen molar-refractivity contribution in [2.45, 2.75) is 19.8 Å². The second kappa shape index (κ2) is 8.65. The lowest BCUT2D eigenvalue weighted by Crippen LogP contribution is -2.22. The molecule has 0 aliphatic carbocycles. The third-order valence-corrected chi connectivity index (χ3v) is 5.25. The number of hydrogen-bond acceptors (Lipinski definition) is 5. The Morgan fingerprint density at radius 1 is 1.19 bits per heavy atom. The summed E-state index contributed by atoms with van der Waals surface area (Å²) < 4.78 is 3.88. The Kier molecular flexibility index (Phi) is 5.77. The van der Waals surface area contributed by atoms with Gasteiger partial charge in [-0.15, -0.1) is 0 Å². The van der Waals surface area contributed by atoms with Crippen LogP contribution in [0.3, 0.4) is 0 Å². The molecule has 31 heavy (non-hydrogen) atoms. The van der Waals surface area contributed by atoms with E-state index in [1.165, 1.54) is 16.8 Å². The Bertz CT molecular complexity index is 1370. The number of non-ortho nitro benzene ring substituents is 1. The lowest BCUT2D eigenvalue weighted by Gasteiger charge is -2.09. The van der Waals surface area contributed by atoms with Gasteiger partial charge in [0.1, 0.15) is 5.82 Å². The van der Waals surface area contributed by atoms with Crippen molar-refractivity contribution in [3.05, 3.63) is 97.3 Å². The van der Waals surface area contributed by atoms with Crippen LogP contribution in [0.1, 0.15) is 24.9 Å². The van der Waals surface area contributed by atoms with Crippen molar-refractivity contribution in [2.24, 2.45) is 5.10 Å². The molecule has 0 radical (unpaired) electrons. The quantitative estimate of drug-likeness (QED) is 0.227. The summed E-state index contributed by atoms with van der Waals surface area (Å²) in [5, 5.41) is 16.0. The van der Waals surface area contributed by atoms with Gasteiger partial charge in [0.15, 0.2) is 0 Å². The molecule has 8 nitrogen and oxygen atoms in total. The van der Waals surface area contributed by atoms with Crippen LogP contribution in [-0.4, -0.2) is 25.4 Å². The molecule has 0 bridgehead atoms. The van der Waals surface area contributed by atoms with Crippen LogP contribution in [0.15, 0.2) is 75.2 Å². The van der Waals surface area contributed by atoms with E-state index in [1.54, 1.807) is 35.2 Å². The molecule has 0 saturated heterocycles. The first-order valence-corrected chi connectivity index (χ1v) is 10.4. The lowest BCUT2D eigenvalue weighted by atomic mass is 10.2. The minimum Gasteiger partial charge on any atom is -0.315 e. The molecule has 0 aliphatic heterocycles. The highest BCUT2D eigenvalue weighted by atomic mass is 79.9. The number of fused-ring (bicyclic) bond motifs is 1. The van der Waals surface area contributed by atoms with Gasteiger partial charge in [0.05, 0.1) is 33.4 Å². The molecule has 4 rings (SSSR count). The summed E-state index contributed by atoms with van der Waals surface area (Å²) in [6.07, 6.45) is 4.76. The average Bonchev–Trinajstić information content (AvgIpc) is 3.23. The molecule has 156 valence electrons. The fourth-order valence-corrected chi connectivity index (χ4v) is 3.67. The molecule has 0 aliphatic rings. The van der Waals surface area contributed by atoms with Crippen LogP contribution in [0.25, 0.3) is 16.6 Å². The summed E-state index contributed by atoms with van der Waals surface area (Å²) in [6.45, 7) is 2.01. The first-order chi connectivity index (χ1) is 15.0. The number of benzene rings is 2. The molecule has 2 heterocycles. The first-order valence-electron chi connectivity index (χ1n) is 9.65. The zero-order valence-corrected chi connectivity index (χ0v) is 18.2. The van der Waals surface area contributed by atoms with Crippen molar-refractivity contribution >= 4 is 38.7 Å². The topological polar surface area (TPSA) is 95.3 Å². The van der Waals surface area contributed by atoms with Crippen LogP contribution >= 0.6 is 15.9 Å². The minimum atomic E-state index is -0.434. The van der Waals surface area contributed by atoms with Gasteiger partial charge >= 0.3 is 0 Å². The van der Waals surface area contributed by atoms with Gasteiger partial charge in [-0.2, -0.15) is 9.78 Å². The van der Waals surface area contributed by atoms with E-state index in [-0.39, 0.29) is 11.2 Å². The van der Waals surface area contributed by atoms with E-state index in [0.29, 0.717) is 34.5 Å². The highest BCUT2D eigenvalue weighted by Gasteiger charge is 2.12. The van der Waals surface area contributed by atoms with Gasteiger partial charge in [0.25, 0.3) is 11.2 Å². The van der Waals surface area contributed by atoms with Gasteiger partial charge < -0.3 is 4.57 Å². The van der Waals surface area contributed by atoms with E-state index in [0.717, 1.165) is 10.9 Å². The molecule has 9 heteroatoms. The third kappa shape index (κ3) is 4.17. The number of nitro benzene ring substituents is 1. The van der Waals surface area contributed by atoms with Gasteiger partial charge in [0.2, 0.25) is 0 Å². The van der Waals surface area contributed by atoms with Gasteiger partial charge in [-0.1, -0.05) is 28.9 Å². The summed E-state index contributed by atoms with van der Waals surface area (Å²) in [5.74, 6) is 0.576. The number of halogens is 1. The van der Waals surface area contributed by atoms with Gasteiger partial charge in [-0.25, -0.2) is 4.98 Å². The summed E-state index contributed by atoms with van der Waals surface area (Å²) in [6, 6.07) is 15.3. The summed E-state index contributed by atoms with van der Waals surface area (Å²) in [7, 11) is 0. The summed E-state index contributed by atoms with van der Waals surface area (Å²) in [4.78, 5) is 28.4. The maximum absolute atomic E-state index is 13.1. The number of nitrogens with zero attached hydrogens (tertiary/aromatic N) is 5. The Hall–Kier alpha value is -3.59. The van der Waals surface area contributed by atoms with Crippen LogP contribution in [0, 0.1) is 10.1 Å². The third-order valence-electron chi connectivity index (χ3n) is 4.75. The maximum atomic E-state index is 13.1. The van der Waals surface area contributed by atoms with Gasteiger partial charge in [0, 0.05) is 29.2 Å². The molecule has 0 atom stereocenters. The number of hydrogen-bond donors (Lipinski definition) is 0. The number of nitro groups is 1. The van der Waals surface area contributed by atoms with E-state index in [1.807, 2.05) is 31.2 Å². The fraction of sp³-hybridized carbons (Fsp3) is 0.136. The Morgan fingerprint density at radius 3 is 2.81 bits per heavy atom. The smallest absolute Gasteiger partial charge is 0.282 e. The minimum absolute atomic E-state index is 0.000142. The van der Waals surface area contributed by atoms with E-state index < -0.39 is 4.92 Å². The first kappa shape index (κ1) is 20.7. The van der Waals surface area contributed by atoms with Crippen LogP contribution in [0.2, 0.25) is 0 Å². The molecular formula is C22H18BrN5O3. The molecule has 0 fully saturated rings. The Balaban J connectivity index is 1.80. The summed E-state index contributed by atoms with van der Waals surface area (Å²) in [5.41, 5.74) is 1.67. The SMILES string of the molecule is CCCc1nc2ccc(Br)cc2c(=O)n1N=Cc1cccn1-c1cccc([N+](=O)[O-])c1. The van der Waals surface area contributed by atoms with E-state index in [9.17, 15) is 14.9 Å². The second-order valence-corrected chi connectivity index (χ2v) is 7.80. The maximum Gasteiger partial charge on any atom is 0.282 e. The standard InChI is InChI=1S/C22H18BrN5O3/c1-2-5-21-25-20-10-9-15(23)12-19(20)22(29)27(21)24-14-18-8-4-11-26(18)16-6-3-7-17(13-16)28(30)31/h3-4,6-14H,2,5H2,1H3. The van der Waals surface area contributed by atoms with Crippen LogP contribution in [0.5, 0.6) is 0 Å². The molecule has 2 aromatic carbocycles. The summed E-state index contributed by atoms with van der Waals surface area (Å²) >= 11 is 3.40. The molecule has 0 amide bonds. The molecule has 0 spiro atoms. The number of aromatic nitrogens is 3. The van der Waals surface area contributed by atoms with Crippen LogP contribution in [0.4, 0.5) is 5.69 Å². The second-order valence-electron chi connectivity index (χ2n) is 6.88. The lowest BCUT2D eigenvalue weighted by molar-refractivity contribution is -0.384. The molecular weight excluding hydrogens is 462 g/mol. The molecule has 0 saturated carbocycles. The number of aryl methyl sites for hydroxylation is 1. The van der Waals surface area contributed by atoms with E-state index in [2.05, 4.69) is 26.0 Å². The highest BCUT2D eigenvalue weighted by molar-refractivity contribution is 9.10. The fourth-order valence-electron chi connectivity index (χ4n) is 3.31. The zero-order chi connectivity index (χ0) is 22.0.